The lowest BCUT2D eigenvalue weighted by molar-refractivity contribution is 0.219. The quantitative estimate of drug-likeness (QED) is 0.723. The van der Waals surface area contributed by atoms with Crippen molar-refractivity contribution in [2.75, 3.05) is 20.8 Å². The van der Waals surface area contributed by atoms with Crippen LogP contribution in [-0.4, -0.2) is 35.3 Å². The van der Waals surface area contributed by atoms with E-state index in [9.17, 15) is 5.11 Å². The first kappa shape index (κ1) is 18.4. The lowest BCUT2D eigenvalue weighted by Crippen LogP contribution is -2.29. The third-order valence-corrected chi connectivity index (χ3v) is 5.37. The number of aryl methyl sites for hydroxylation is 1. The van der Waals surface area contributed by atoms with Gasteiger partial charge in [-0.05, 0) is 53.9 Å². The minimum atomic E-state index is 0.0812. The Balaban J connectivity index is 1.72. The predicted molar refractivity (Wildman–Crippen MR) is 109 cm³/mol. The standard InChI is InChI=1S/C23H26N2O3/c1-27-21-10-9-17(14-22(21)28-2)16-25-13-5-12-24-11-4-8-20(24)23(25)18-6-3-7-19(26)15-18/h3-4,6-11,14-15,23,26H,5,12-13,16H2,1-2H3/t23-/m0/s1. The third kappa shape index (κ3) is 3.58. The van der Waals surface area contributed by atoms with Crippen molar-refractivity contribution in [2.24, 2.45) is 0 Å². The number of hydrogen-bond acceptors (Lipinski definition) is 4. The van der Waals surface area contributed by atoms with Gasteiger partial charge in [0.1, 0.15) is 5.75 Å². The summed E-state index contributed by atoms with van der Waals surface area (Å²) in [5.74, 6) is 1.78. The number of nitrogens with zero attached hydrogens (tertiary/aromatic N) is 2. The van der Waals surface area contributed by atoms with Crippen LogP contribution in [0.2, 0.25) is 0 Å². The van der Waals surface area contributed by atoms with Gasteiger partial charge in [0.25, 0.3) is 0 Å². The molecule has 0 spiro atoms. The van der Waals surface area contributed by atoms with E-state index in [2.05, 4.69) is 39.9 Å². The Morgan fingerprint density at radius 1 is 0.964 bits per heavy atom. The Hall–Kier alpha value is -2.92. The Kier molecular flexibility index (Phi) is 5.26. The average molecular weight is 378 g/mol. The number of hydrogen-bond donors (Lipinski definition) is 1. The maximum atomic E-state index is 10.1. The highest BCUT2D eigenvalue weighted by molar-refractivity contribution is 5.43. The van der Waals surface area contributed by atoms with Crippen LogP contribution < -0.4 is 9.47 Å². The maximum absolute atomic E-state index is 10.1. The summed E-state index contributed by atoms with van der Waals surface area (Å²) in [6, 6.07) is 18.1. The molecule has 28 heavy (non-hydrogen) atoms. The zero-order chi connectivity index (χ0) is 19.5. The number of methoxy groups -OCH3 is 2. The molecule has 0 amide bonds. The first-order valence-corrected chi connectivity index (χ1v) is 9.58. The average Bonchev–Trinajstić information content (AvgIpc) is 3.09. The monoisotopic (exact) mass is 378 g/mol. The lowest BCUT2D eigenvalue weighted by Gasteiger charge is -2.31. The predicted octanol–water partition coefficient (Wildman–Crippen LogP) is 4.21. The number of phenolic OH excluding ortho intramolecular Hbond substituents is 1. The summed E-state index contributed by atoms with van der Waals surface area (Å²) in [7, 11) is 3.31. The van der Waals surface area contributed by atoms with Crippen LogP contribution >= 0.6 is 0 Å². The van der Waals surface area contributed by atoms with Crippen LogP contribution in [0.25, 0.3) is 0 Å². The smallest absolute Gasteiger partial charge is 0.161 e. The molecule has 0 aliphatic carbocycles. The molecule has 2 heterocycles. The summed E-state index contributed by atoms with van der Waals surface area (Å²) >= 11 is 0. The van der Waals surface area contributed by atoms with E-state index in [0.29, 0.717) is 5.75 Å². The van der Waals surface area contributed by atoms with Gasteiger partial charge in [-0.1, -0.05) is 18.2 Å². The molecule has 1 aromatic heterocycles. The molecule has 5 nitrogen and oxygen atoms in total. The van der Waals surface area contributed by atoms with Crippen molar-refractivity contribution in [1.82, 2.24) is 9.47 Å². The second kappa shape index (κ2) is 7.98. The highest BCUT2D eigenvalue weighted by Crippen LogP contribution is 2.35. The number of benzene rings is 2. The molecule has 5 heteroatoms. The second-order valence-corrected chi connectivity index (χ2v) is 7.14. The van der Waals surface area contributed by atoms with Crippen LogP contribution in [0.1, 0.15) is 29.3 Å². The fourth-order valence-corrected chi connectivity index (χ4v) is 4.10. The van der Waals surface area contributed by atoms with Crippen LogP contribution in [0.15, 0.2) is 60.8 Å². The van der Waals surface area contributed by atoms with E-state index in [1.165, 1.54) is 11.3 Å². The SMILES string of the molecule is COc1ccc(CN2CCCn3cccc3[C@@H]2c2cccc(O)c2)cc1OC. The van der Waals surface area contributed by atoms with Gasteiger partial charge in [-0.2, -0.15) is 0 Å². The highest BCUT2D eigenvalue weighted by atomic mass is 16.5. The van der Waals surface area contributed by atoms with Gasteiger partial charge in [0.05, 0.1) is 20.3 Å². The van der Waals surface area contributed by atoms with Crippen molar-refractivity contribution in [3.63, 3.8) is 0 Å². The normalized spacial score (nSPS) is 17.0. The van der Waals surface area contributed by atoms with Crippen molar-refractivity contribution in [1.29, 1.82) is 0 Å². The van der Waals surface area contributed by atoms with E-state index in [1.807, 2.05) is 24.3 Å². The fraction of sp³-hybridized carbons (Fsp3) is 0.304. The zero-order valence-corrected chi connectivity index (χ0v) is 16.3. The van der Waals surface area contributed by atoms with E-state index in [1.54, 1.807) is 20.3 Å². The fourth-order valence-electron chi connectivity index (χ4n) is 4.10. The maximum Gasteiger partial charge on any atom is 0.161 e. The van der Waals surface area contributed by atoms with E-state index in [-0.39, 0.29) is 6.04 Å². The molecule has 1 aliphatic rings. The molecule has 0 fully saturated rings. The first-order chi connectivity index (χ1) is 13.7. The number of rotatable bonds is 5. The molecule has 1 aliphatic heterocycles. The largest absolute Gasteiger partial charge is 0.508 e. The van der Waals surface area contributed by atoms with Gasteiger partial charge >= 0.3 is 0 Å². The molecule has 0 bridgehead atoms. The van der Waals surface area contributed by atoms with Crippen molar-refractivity contribution in [3.05, 3.63) is 77.6 Å². The van der Waals surface area contributed by atoms with Gasteiger partial charge in [0, 0.05) is 31.5 Å². The minimum Gasteiger partial charge on any atom is -0.508 e. The summed E-state index contributed by atoms with van der Waals surface area (Å²) in [5.41, 5.74) is 3.52. The van der Waals surface area contributed by atoms with Gasteiger partial charge in [0.2, 0.25) is 0 Å². The Morgan fingerprint density at radius 3 is 2.61 bits per heavy atom. The molecule has 1 atom stereocenters. The third-order valence-electron chi connectivity index (χ3n) is 5.37. The molecule has 1 N–H and O–H groups in total. The Labute approximate surface area is 165 Å². The Morgan fingerprint density at radius 2 is 1.82 bits per heavy atom. The van der Waals surface area contributed by atoms with Gasteiger partial charge < -0.3 is 19.1 Å². The summed E-state index contributed by atoms with van der Waals surface area (Å²) in [4.78, 5) is 2.47. The summed E-state index contributed by atoms with van der Waals surface area (Å²) in [5, 5.41) is 10.1. The van der Waals surface area contributed by atoms with Crippen molar-refractivity contribution in [3.8, 4) is 17.2 Å². The van der Waals surface area contributed by atoms with Crippen LogP contribution in [0.3, 0.4) is 0 Å². The van der Waals surface area contributed by atoms with Crippen LogP contribution in [0, 0.1) is 0 Å². The molecular formula is C23H26N2O3. The zero-order valence-electron chi connectivity index (χ0n) is 16.3. The number of phenols is 1. The summed E-state index contributed by atoms with van der Waals surface area (Å²) in [6.07, 6.45) is 3.22. The van der Waals surface area contributed by atoms with Gasteiger partial charge in [0.15, 0.2) is 11.5 Å². The molecule has 0 saturated heterocycles. The second-order valence-electron chi connectivity index (χ2n) is 7.14. The topological polar surface area (TPSA) is 46.9 Å². The number of fused-ring (bicyclic) bond motifs is 1. The number of aromatic hydroxyl groups is 1. The molecule has 4 rings (SSSR count). The van der Waals surface area contributed by atoms with Crippen molar-refractivity contribution < 1.29 is 14.6 Å². The number of ether oxygens (including phenoxy) is 2. The summed E-state index contributed by atoms with van der Waals surface area (Å²) < 4.78 is 13.2. The van der Waals surface area contributed by atoms with Crippen LogP contribution in [0.5, 0.6) is 17.2 Å². The molecular weight excluding hydrogens is 352 g/mol. The van der Waals surface area contributed by atoms with E-state index < -0.39 is 0 Å². The molecule has 146 valence electrons. The molecule has 2 aromatic carbocycles. The summed E-state index contributed by atoms with van der Waals surface area (Å²) in [6.45, 7) is 2.75. The molecule has 0 radical (unpaired) electrons. The number of aromatic nitrogens is 1. The first-order valence-electron chi connectivity index (χ1n) is 9.58. The van der Waals surface area contributed by atoms with Gasteiger partial charge in [-0.15, -0.1) is 0 Å². The van der Waals surface area contributed by atoms with Crippen LogP contribution in [0.4, 0.5) is 0 Å². The molecule has 0 unspecified atom stereocenters. The Bertz CT molecular complexity index is 951. The minimum absolute atomic E-state index is 0.0812. The van der Waals surface area contributed by atoms with Crippen molar-refractivity contribution >= 4 is 0 Å². The van der Waals surface area contributed by atoms with Crippen molar-refractivity contribution in [2.45, 2.75) is 25.6 Å². The highest BCUT2D eigenvalue weighted by Gasteiger charge is 2.27. The van der Waals surface area contributed by atoms with Gasteiger partial charge in [-0.25, -0.2) is 0 Å². The van der Waals surface area contributed by atoms with Crippen LogP contribution in [-0.2, 0) is 13.1 Å². The molecule has 3 aromatic rings. The molecule has 0 saturated carbocycles. The van der Waals surface area contributed by atoms with E-state index in [4.69, 9.17) is 9.47 Å². The van der Waals surface area contributed by atoms with Gasteiger partial charge in [-0.3, -0.25) is 4.90 Å². The van der Waals surface area contributed by atoms with E-state index >= 15 is 0 Å². The van der Waals surface area contributed by atoms with E-state index in [0.717, 1.165) is 43.1 Å². The lowest BCUT2D eigenvalue weighted by atomic mass is 10.0.